The zero-order chi connectivity index (χ0) is 41.2. The van der Waals surface area contributed by atoms with E-state index in [2.05, 4.69) is 50.3 Å². The van der Waals surface area contributed by atoms with Crippen molar-refractivity contribution in [2.45, 2.75) is 277 Å². The number of ether oxygens (including phenoxy) is 2. The van der Waals surface area contributed by atoms with E-state index in [1.54, 1.807) is 0 Å². The summed E-state index contributed by atoms with van der Waals surface area (Å²) in [5.74, 6) is -0.208. The Kier molecular flexibility index (Phi) is 49.5. The third-order valence-electron chi connectivity index (χ3n) is 11.5. The van der Waals surface area contributed by atoms with E-state index in [0.717, 1.165) is 44.9 Å². The van der Waals surface area contributed by atoms with Gasteiger partial charge in [-0.15, -0.1) is 0 Å². The second-order valence-corrected chi connectivity index (χ2v) is 17.2. The fourth-order valence-corrected chi connectivity index (χ4v) is 7.63. The number of rotatable bonds is 48. The minimum absolute atomic E-state index is 0.174. The second kappa shape index (κ2) is 50.8. The van der Waals surface area contributed by atoms with Gasteiger partial charge in [0.2, 0.25) is 0 Å². The fourth-order valence-electron chi connectivity index (χ4n) is 7.63. The van der Waals surface area contributed by atoms with E-state index in [1.807, 2.05) is 0 Å². The first-order valence-electron chi connectivity index (χ1n) is 25.6. The van der Waals surface area contributed by atoms with E-state index >= 15 is 0 Å². The molecule has 0 fully saturated rings. The molecule has 0 aliphatic carbocycles. The zero-order valence-electron chi connectivity index (χ0n) is 38.6. The number of hydrogen-bond donors (Lipinski definition) is 1. The number of carbonyl (C=O) groups excluding carboxylic acids is 1. The van der Waals surface area contributed by atoms with Crippen molar-refractivity contribution in [2.24, 2.45) is 0 Å². The number of aliphatic hydroxyl groups excluding tert-OH is 1. The van der Waals surface area contributed by atoms with Gasteiger partial charge in [-0.1, -0.05) is 249 Å². The van der Waals surface area contributed by atoms with Crippen LogP contribution < -0.4 is 0 Å². The van der Waals surface area contributed by atoms with Gasteiger partial charge in [0, 0.05) is 13.0 Å². The van der Waals surface area contributed by atoms with Crippen molar-refractivity contribution in [1.29, 1.82) is 0 Å². The molecule has 0 aromatic carbocycles. The van der Waals surface area contributed by atoms with Crippen LogP contribution >= 0.6 is 0 Å². The van der Waals surface area contributed by atoms with Crippen LogP contribution in [0.1, 0.15) is 271 Å². The van der Waals surface area contributed by atoms with Crippen molar-refractivity contribution < 1.29 is 19.4 Å². The molecule has 0 heterocycles. The maximum absolute atomic E-state index is 12.3. The Morgan fingerprint density at radius 1 is 0.421 bits per heavy atom. The maximum Gasteiger partial charge on any atom is 0.306 e. The lowest BCUT2D eigenvalue weighted by atomic mass is 10.0. The van der Waals surface area contributed by atoms with Crippen molar-refractivity contribution in [3.8, 4) is 0 Å². The standard InChI is InChI=1S/C53H100O4/c1-3-5-7-9-11-13-15-17-19-21-23-25-26-27-29-31-33-35-37-39-41-43-45-47-49-56-51-52(50-54)57-53(55)48-46-44-42-40-38-36-34-32-30-28-24-22-20-18-16-14-12-10-8-6-4-2/h16,18,22,24,30,32,52,54H,3-15,17,19-21,23,25-29,31,33-51H2,1-2H3/b18-16-,24-22-,32-30-. The van der Waals surface area contributed by atoms with Crippen LogP contribution in [-0.4, -0.2) is 37.0 Å². The van der Waals surface area contributed by atoms with Crippen LogP contribution in [-0.2, 0) is 14.3 Å². The number of aliphatic hydroxyl groups is 1. The summed E-state index contributed by atoms with van der Waals surface area (Å²) in [6.07, 6.45) is 65.2. The van der Waals surface area contributed by atoms with Crippen molar-refractivity contribution >= 4 is 5.97 Å². The third-order valence-corrected chi connectivity index (χ3v) is 11.5. The molecule has 0 aliphatic heterocycles. The summed E-state index contributed by atoms with van der Waals surface area (Å²) in [5.41, 5.74) is 0. The van der Waals surface area contributed by atoms with Gasteiger partial charge in [0.05, 0.1) is 13.2 Å². The van der Waals surface area contributed by atoms with Gasteiger partial charge in [0.15, 0.2) is 0 Å². The van der Waals surface area contributed by atoms with Gasteiger partial charge in [-0.25, -0.2) is 0 Å². The minimum atomic E-state index is -0.540. The van der Waals surface area contributed by atoms with Crippen LogP contribution in [0.3, 0.4) is 0 Å². The topological polar surface area (TPSA) is 55.8 Å². The molecular formula is C53H100O4. The summed E-state index contributed by atoms with van der Waals surface area (Å²) in [6, 6.07) is 0. The van der Waals surface area contributed by atoms with Crippen LogP contribution in [0.5, 0.6) is 0 Å². The lowest BCUT2D eigenvalue weighted by Crippen LogP contribution is -2.27. The molecule has 0 amide bonds. The van der Waals surface area contributed by atoms with Crippen molar-refractivity contribution in [3.05, 3.63) is 36.5 Å². The van der Waals surface area contributed by atoms with E-state index in [0.29, 0.717) is 19.6 Å². The molecular weight excluding hydrogens is 701 g/mol. The SMILES string of the molecule is CCCCCCC/C=C\C/C=C\C/C=C\CCCCCCCCC(=O)OC(CO)COCCCCCCCCCCCCCCCCCCCCCCCCCC. The molecule has 57 heavy (non-hydrogen) atoms. The van der Waals surface area contributed by atoms with E-state index in [4.69, 9.17) is 9.47 Å². The summed E-state index contributed by atoms with van der Waals surface area (Å²) in [6.45, 7) is 5.37. The average Bonchev–Trinajstić information content (AvgIpc) is 3.22. The van der Waals surface area contributed by atoms with Gasteiger partial charge < -0.3 is 14.6 Å². The largest absolute Gasteiger partial charge is 0.457 e. The van der Waals surface area contributed by atoms with E-state index in [1.165, 1.54) is 205 Å². The highest BCUT2D eigenvalue weighted by Crippen LogP contribution is 2.16. The average molecular weight is 801 g/mol. The van der Waals surface area contributed by atoms with Gasteiger partial charge in [0.1, 0.15) is 6.10 Å². The number of allylic oxidation sites excluding steroid dienone is 6. The third kappa shape index (κ3) is 48.9. The lowest BCUT2D eigenvalue weighted by Gasteiger charge is -2.16. The molecule has 1 unspecified atom stereocenters. The second-order valence-electron chi connectivity index (χ2n) is 17.2. The highest BCUT2D eigenvalue weighted by molar-refractivity contribution is 5.69. The normalized spacial score (nSPS) is 12.5. The molecule has 0 aliphatic rings. The molecule has 1 atom stereocenters. The molecule has 0 rings (SSSR count). The Morgan fingerprint density at radius 3 is 1.11 bits per heavy atom. The van der Waals surface area contributed by atoms with Gasteiger partial charge in [0.25, 0.3) is 0 Å². The Morgan fingerprint density at radius 2 is 0.737 bits per heavy atom. The van der Waals surface area contributed by atoms with Crippen molar-refractivity contribution in [3.63, 3.8) is 0 Å². The van der Waals surface area contributed by atoms with Gasteiger partial charge in [-0.05, 0) is 51.4 Å². The Balaban J connectivity index is 3.40. The first-order valence-corrected chi connectivity index (χ1v) is 25.6. The number of esters is 1. The summed E-state index contributed by atoms with van der Waals surface area (Å²) in [5, 5.41) is 9.65. The lowest BCUT2D eigenvalue weighted by molar-refractivity contribution is -0.154. The zero-order valence-corrected chi connectivity index (χ0v) is 38.6. The Bertz CT molecular complexity index is 848. The summed E-state index contributed by atoms with van der Waals surface area (Å²) in [7, 11) is 0. The van der Waals surface area contributed by atoms with E-state index in [-0.39, 0.29) is 12.6 Å². The van der Waals surface area contributed by atoms with Crippen LogP contribution in [0, 0.1) is 0 Å². The van der Waals surface area contributed by atoms with Gasteiger partial charge >= 0.3 is 5.97 Å². The molecule has 336 valence electrons. The molecule has 0 saturated heterocycles. The highest BCUT2D eigenvalue weighted by Gasteiger charge is 2.13. The first kappa shape index (κ1) is 55.6. The maximum atomic E-state index is 12.3. The Hall–Kier alpha value is -1.39. The number of carbonyl (C=O) groups is 1. The quantitative estimate of drug-likeness (QED) is 0.0378. The molecule has 0 radical (unpaired) electrons. The molecule has 0 aromatic rings. The molecule has 0 saturated carbocycles. The fraction of sp³-hybridized carbons (Fsp3) is 0.868. The van der Waals surface area contributed by atoms with E-state index in [9.17, 15) is 9.90 Å². The van der Waals surface area contributed by atoms with Crippen LogP contribution in [0.4, 0.5) is 0 Å². The van der Waals surface area contributed by atoms with E-state index < -0.39 is 6.10 Å². The molecule has 0 aromatic heterocycles. The monoisotopic (exact) mass is 801 g/mol. The molecule has 1 N–H and O–H groups in total. The first-order chi connectivity index (χ1) is 28.2. The Labute approximate surface area is 357 Å². The predicted octanol–water partition coefficient (Wildman–Crippen LogP) is 17.2. The summed E-state index contributed by atoms with van der Waals surface area (Å²) in [4.78, 5) is 12.3. The van der Waals surface area contributed by atoms with Crippen LogP contribution in [0.25, 0.3) is 0 Å². The van der Waals surface area contributed by atoms with Crippen LogP contribution in [0.15, 0.2) is 36.5 Å². The van der Waals surface area contributed by atoms with Crippen LogP contribution in [0.2, 0.25) is 0 Å². The predicted molar refractivity (Wildman–Crippen MR) is 251 cm³/mol. The molecule has 4 heteroatoms. The molecule has 0 spiro atoms. The molecule has 0 bridgehead atoms. The number of hydrogen-bond acceptors (Lipinski definition) is 4. The van der Waals surface area contributed by atoms with Crippen molar-refractivity contribution in [1.82, 2.24) is 0 Å². The smallest absolute Gasteiger partial charge is 0.306 e. The van der Waals surface area contributed by atoms with Gasteiger partial charge in [-0.2, -0.15) is 0 Å². The number of unbranched alkanes of at least 4 members (excludes halogenated alkanes) is 34. The highest BCUT2D eigenvalue weighted by atomic mass is 16.6. The summed E-state index contributed by atoms with van der Waals surface area (Å²) >= 11 is 0. The minimum Gasteiger partial charge on any atom is -0.457 e. The van der Waals surface area contributed by atoms with Gasteiger partial charge in [-0.3, -0.25) is 4.79 Å². The summed E-state index contributed by atoms with van der Waals surface area (Å²) < 4.78 is 11.2. The van der Waals surface area contributed by atoms with Crippen molar-refractivity contribution in [2.75, 3.05) is 19.8 Å². The molecule has 4 nitrogen and oxygen atoms in total.